The lowest BCUT2D eigenvalue weighted by Crippen LogP contribution is -2.01. The molecule has 0 saturated carbocycles. The van der Waals surface area contributed by atoms with Crippen molar-refractivity contribution in [3.8, 4) is 11.6 Å². The van der Waals surface area contributed by atoms with Crippen LogP contribution >= 0.6 is 0 Å². The molecule has 2 rings (SSSR count). The highest BCUT2D eigenvalue weighted by atomic mass is 19.1. The van der Waals surface area contributed by atoms with E-state index in [9.17, 15) is 4.39 Å². The first-order valence-electron chi connectivity index (χ1n) is 6.26. The van der Waals surface area contributed by atoms with Gasteiger partial charge in [-0.25, -0.2) is 9.37 Å². The van der Waals surface area contributed by atoms with E-state index in [-0.39, 0.29) is 5.82 Å². The number of ether oxygens (including phenoxy) is 1. The zero-order valence-corrected chi connectivity index (χ0v) is 11.1. The molecule has 0 unspecified atom stereocenters. The van der Waals surface area contributed by atoms with Crippen molar-refractivity contribution < 1.29 is 9.13 Å². The second-order valence-corrected chi connectivity index (χ2v) is 4.38. The molecule has 3 nitrogen and oxygen atoms in total. The normalized spacial score (nSPS) is 10.5. The molecule has 19 heavy (non-hydrogen) atoms. The van der Waals surface area contributed by atoms with E-state index in [4.69, 9.17) is 10.5 Å². The first-order valence-corrected chi connectivity index (χ1v) is 6.26. The lowest BCUT2D eigenvalue weighted by molar-refractivity contribution is 0.457. The van der Waals surface area contributed by atoms with Crippen molar-refractivity contribution in [2.45, 2.75) is 26.8 Å². The number of rotatable bonds is 4. The molecular weight excluding hydrogens is 243 g/mol. The molecule has 0 amide bonds. The predicted octanol–water partition coefficient (Wildman–Crippen LogP) is 3.34. The Balaban J connectivity index is 2.29. The molecule has 0 fully saturated rings. The molecule has 2 N–H and O–H groups in total. The first kappa shape index (κ1) is 13.5. The van der Waals surface area contributed by atoms with Crippen LogP contribution in [0.3, 0.4) is 0 Å². The fraction of sp³-hybridized carbons (Fsp3) is 0.267. The SMILES string of the molecule is CCc1cc(CN)cc(Oc2ccc(F)c(C)c2)n1. The topological polar surface area (TPSA) is 48.1 Å². The van der Waals surface area contributed by atoms with Gasteiger partial charge in [-0.15, -0.1) is 0 Å². The van der Waals surface area contributed by atoms with E-state index in [2.05, 4.69) is 4.98 Å². The smallest absolute Gasteiger partial charge is 0.219 e. The first-order chi connectivity index (χ1) is 9.12. The van der Waals surface area contributed by atoms with Gasteiger partial charge in [0.2, 0.25) is 5.88 Å². The highest BCUT2D eigenvalue weighted by Gasteiger charge is 2.05. The van der Waals surface area contributed by atoms with Gasteiger partial charge >= 0.3 is 0 Å². The van der Waals surface area contributed by atoms with Gasteiger partial charge in [-0.3, -0.25) is 0 Å². The van der Waals surface area contributed by atoms with Crippen LogP contribution < -0.4 is 10.5 Å². The molecule has 0 spiro atoms. The minimum Gasteiger partial charge on any atom is -0.439 e. The molecule has 0 saturated heterocycles. The third kappa shape index (κ3) is 3.29. The lowest BCUT2D eigenvalue weighted by atomic mass is 10.2. The lowest BCUT2D eigenvalue weighted by Gasteiger charge is -2.09. The molecule has 0 bridgehead atoms. The minimum atomic E-state index is -0.245. The Morgan fingerprint density at radius 1 is 1.26 bits per heavy atom. The fourth-order valence-corrected chi connectivity index (χ4v) is 1.77. The van der Waals surface area contributed by atoms with Crippen LogP contribution in [0.2, 0.25) is 0 Å². The molecule has 2 aromatic rings. The highest BCUT2D eigenvalue weighted by molar-refractivity contribution is 5.33. The zero-order chi connectivity index (χ0) is 13.8. The number of aryl methyl sites for hydroxylation is 2. The number of halogens is 1. The monoisotopic (exact) mass is 260 g/mol. The van der Waals surface area contributed by atoms with Crippen molar-refractivity contribution >= 4 is 0 Å². The van der Waals surface area contributed by atoms with Crippen LogP contribution in [-0.4, -0.2) is 4.98 Å². The third-order valence-corrected chi connectivity index (χ3v) is 2.86. The van der Waals surface area contributed by atoms with Gasteiger partial charge in [-0.1, -0.05) is 6.92 Å². The molecule has 0 aliphatic rings. The Morgan fingerprint density at radius 3 is 2.68 bits per heavy atom. The largest absolute Gasteiger partial charge is 0.439 e. The molecule has 4 heteroatoms. The molecule has 0 aliphatic carbocycles. The van der Waals surface area contributed by atoms with Gasteiger partial charge in [0.25, 0.3) is 0 Å². The quantitative estimate of drug-likeness (QED) is 0.917. The van der Waals surface area contributed by atoms with Crippen LogP contribution in [0.1, 0.15) is 23.7 Å². The van der Waals surface area contributed by atoms with E-state index >= 15 is 0 Å². The number of aromatic nitrogens is 1. The molecule has 1 aromatic carbocycles. The van der Waals surface area contributed by atoms with Crippen molar-refractivity contribution in [3.05, 3.63) is 53.0 Å². The number of nitrogens with two attached hydrogens (primary N) is 1. The Bertz CT molecular complexity index is 562. The van der Waals surface area contributed by atoms with Crippen LogP contribution in [0, 0.1) is 12.7 Å². The maximum atomic E-state index is 13.2. The summed E-state index contributed by atoms with van der Waals surface area (Å²) in [5, 5.41) is 0. The number of pyridine rings is 1. The van der Waals surface area contributed by atoms with E-state index in [1.54, 1.807) is 25.1 Å². The molecule has 1 aromatic heterocycles. The molecule has 100 valence electrons. The van der Waals surface area contributed by atoms with Gasteiger partial charge in [0, 0.05) is 18.3 Å². The summed E-state index contributed by atoms with van der Waals surface area (Å²) in [5.74, 6) is 0.818. The summed E-state index contributed by atoms with van der Waals surface area (Å²) in [6, 6.07) is 8.39. The molecular formula is C15H17FN2O. The van der Waals surface area contributed by atoms with E-state index in [0.717, 1.165) is 17.7 Å². The Labute approximate surface area is 112 Å². The van der Waals surface area contributed by atoms with E-state index in [1.807, 2.05) is 13.0 Å². The van der Waals surface area contributed by atoms with Gasteiger partial charge in [0.05, 0.1) is 0 Å². The van der Waals surface area contributed by atoms with E-state index in [0.29, 0.717) is 23.7 Å². The summed E-state index contributed by atoms with van der Waals surface area (Å²) in [4.78, 5) is 4.38. The predicted molar refractivity (Wildman–Crippen MR) is 72.7 cm³/mol. The van der Waals surface area contributed by atoms with Crippen molar-refractivity contribution in [1.29, 1.82) is 0 Å². The van der Waals surface area contributed by atoms with Gasteiger partial charge in [0.1, 0.15) is 11.6 Å². The molecule has 0 aliphatic heterocycles. The van der Waals surface area contributed by atoms with Crippen LogP contribution in [-0.2, 0) is 13.0 Å². The zero-order valence-electron chi connectivity index (χ0n) is 11.1. The minimum absolute atomic E-state index is 0.245. The van der Waals surface area contributed by atoms with Gasteiger partial charge in [-0.2, -0.15) is 0 Å². The van der Waals surface area contributed by atoms with Gasteiger partial charge in [-0.05, 0) is 48.7 Å². The third-order valence-electron chi connectivity index (χ3n) is 2.86. The molecule has 0 radical (unpaired) electrons. The summed E-state index contributed by atoms with van der Waals surface area (Å²) < 4.78 is 18.9. The summed E-state index contributed by atoms with van der Waals surface area (Å²) in [5.41, 5.74) is 8.09. The number of hydrogen-bond acceptors (Lipinski definition) is 3. The van der Waals surface area contributed by atoms with Crippen LogP contribution in [0.25, 0.3) is 0 Å². The van der Waals surface area contributed by atoms with Crippen molar-refractivity contribution in [3.63, 3.8) is 0 Å². The molecule has 0 atom stereocenters. The second kappa shape index (κ2) is 5.80. The Hall–Kier alpha value is -1.94. The van der Waals surface area contributed by atoms with Crippen LogP contribution in [0.5, 0.6) is 11.6 Å². The average molecular weight is 260 g/mol. The maximum absolute atomic E-state index is 13.2. The number of benzene rings is 1. The summed E-state index contributed by atoms with van der Waals surface area (Å²) in [6.07, 6.45) is 0.812. The average Bonchev–Trinajstić information content (AvgIpc) is 2.42. The van der Waals surface area contributed by atoms with Crippen molar-refractivity contribution in [1.82, 2.24) is 4.98 Å². The number of nitrogens with zero attached hydrogens (tertiary/aromatic N) is 1. The van der Waals surface area contributed by atoms with Crippen molar-refractivity contribution in [2.24, 2.45) is 5.73 Å². The Morgan fingerprint density at radius 2 is 2.05 bits per heavy atom. The Kier molecular flexibility index (Phi) is 4.12. The van der Waals surface area contributed by atoms with E-state index < -0.39 is 0 Å². The number of hydrogen-bond donors (Lipinski definition) is 1. The van der Waals surface area contributed by atoms with Crippen molar-refractivity contribution in [2.75, 3.05) is 0 Å². The van der Waals surface area contributed by atoms with E-state index in [1.165, 1.54) is 6.07 Å². The van der Waals surface area contributed by atoms with Gasteiger partial charge < -0.3 is 10.5 Å². The molecule has 1 heterocycles. The fourth-order valence-electron chi connectivity index (χ4n) is 1.77. The van der Waals surface area contributed by atoms with Crippen LogP contribution in [0.4, 0.5) is 4.39 Å². The summed E-state index contributed by atoms with van der Waals surface area (Å²) >= 11 is 0. The second-order valence-electron chi connectivity index (χ2n) is 4.38. The standard InChI is InChI=1S/C15H17FN2O/c1-3-12-7-11(9-17)8-15(18-12)19-13-4-5-14(16)10(2)6-13/h4-8H,3,9,17H2,1-2H3. The highest BCUT2D eigenvalue weighted by Crippen LogP contribution is 2.23. The van der Waals surface area contributed by atoms with Crippen LogP contribution in [0.15, 0.2) is 30.3 Å². The maximum Gasteiger partial charge on any atom is 0.219 e. The summed E-state index contributed by atoms with van der Waals surface area (Å²) in [7, 11) is 0. The van der Waals surface area contributed by atoms with Gasteiger partial charge in [0.15, 0.2) is 0 Å². The summed E-state index contributed by atoms with van der Waals surface area (Å²) in [6.45, 7) is 4.16.